The lowest BCUT2D eigenvalue weighted by atomic mass is 9.99. The molecule has 0 radical (unpaired) electrons. The molecule has 1 unspecified atom stereocenters. The first-order valence-electron chi connectivity index (χ1n) is 10.6. The Bertz CT molecular complexity index is 1050. The number of aliphatic hydroxyl groups excluding tert-OH is 4. The van der Waals surface area contributed by atoms with Gasteiger partial charge in [-0.3, -0.25) is 0 Å². The Balaban J connectivity index is 1.64. The summed E-state index contributed by atoms with van der Waals surface area (Å²) in [6, 6.07) is 11.5. The van der Waals surface area contributed by atoms with Crippen molar-refractivity contribution in [2.24, 2.45) is 0 Å². The topological polar surface area (TPSA) is 126 Å². The number of imidazole rings is 1. The zero-order valence-electron chi connectivity index (χ0n) is 18.0. The largest absolute Gasteiger partial charge is 0.494 e. The molecule has 32 heavy (non-hydrogen) atoms. The molecule has 5 atom stereocenters. The zero-order chi connectivity index (χ0) is 22.8. The fourth-order valence-electron chi connectivity index (χ4n) is 3.86. The molecular formula is C23H28N2O7. The molecule has 0 amide bonds. The summed E-state index contributed by atoms with van der Waals surface area (Å²) < 4.78 is 18.9. The van der Waals surface area contributed by atoms with E-state index in [0.717, 1.165) is 16.9 Å². The van der Waals surface area contributed by atoms with Crippen LogP contribution in [0.5, 0.6) is 11.5 Å². The number of aromatic nitrogens is 2. The van der Waals surface area contributed by atoms with Crippen molar-refractivity contribution in [1.29, 1.82) is 0 Å². The second kappa shape index (κ2) is 9.43. The van der Waals surface area contributed by atoms with Crippen LogP contribution in [0.25, 0.3) is 11.0 Å². The third-order valence-corrected chi connectivity index (χ3v) is 5.50. The lowest BCUT2D eigenvalue weighted by molar-refractivity contribution is -0.277. The van der Waals surface area contributed by atoms with E-state index < -0.39 is 37.3 Å². The molecule has 4 N–H and O–H groups in total. The molecule has 1 aromatic heterocycles. The Morgan fingerprint density at radius 2 is 1.81 bits per heavy atom. The highest BCUT2D eigenvalue weighted by Gasteiger charge is 2.45. The van der Waals surface area contributed by atoms with Crippen molar-refractivity contribution in [2.45, 2.75) is 51.1 Å². The summed E-state index contributed by atoms with van der Waals surface area (Å²) in [6.45, 7) is 4.43. The third-order valence-electron chi connectivity index (χ3n) is 5.50. The molecule has 1 aliphatic rings. The lowest BCUT2D eigenvalue weighted by Gasteiger charge is -2.39. The van der Waals surface area contributed by atoms with Gasteiger partial charge < -0.3 is 39.2 Å². The predicted molar refractivity (Wildman–Crippen MR) is 116 cm³/mol. The van der Waals surface area contributed by atoms with Crippen molar-refractivity contribution < 1.29 is 34.6 Å². The van der Waals surface area contributed by atoms with Crippen molar-refractivity contribution in [3.63, 3.8) is 0 Å². The van der Waals surface area contributed by atoms with Crippen molar-refractivity contribution in [1.82, 2.24) is 9.55 Å². The molecular weight excluding hydrogens is 416 g/mol. The molecule has 2 heterocycles. The average molecular weight is 444 g/mol. The van der Waals surface area contributed by atoms with Crippen LogP contribution in [0.15, 0.2) is 42.7 Å². The summed E-state index contributed by atoms with van der Waals surface area (Å²) in [7, 11) is 0. The van der Waals surface area contributed by atoms with Crippen LogP contribution in [0, 0.1) is 6.92 Å². The monoisotopic (exact) mass is 444 g/mol. The number of hydrogen-bond acceptors (Lipinski definition) is 8. The van der Waals surface area contributed by atoms with Crippen LogP contribution in [0.3, 0.4) is 0 Å². The number of rotatable bonds is 7. The highest BCUT2D eigenvalue weighted by Crippen LogP contribution is 2.31. The predicted octanol–water partition coefficient (Wildman–Crippen LogP) is 0.970. The lowest BCUT2D eigenvalue weighted by Crippen LogP contribution is -2.60. The summed E-state index contributed by atoms with van der Waals surface area (Å²) in [5.74, 6) is 1.21. The van der Waals surface area contributed by atoms with E-state index in [-0.39, 0.29) is 0 Å². The molecule has 4 rings (SSSR count). The van der Waals surface area contributed by atoms with Gasteiger partial charge >= 0.3 is 0 Å². The maximum Gasteiger partial charge on any atom is 0.229 e. The Labute approximate surface area is 185 Å². The summed E-state index contributed by atoms with van der Waals surface area (Å²) in [4.78, 5) is 4.48. The first-order chi connectivity index (χ1) is 15.4. The molecule has 1 saturated heterocycles. The standard InChI is InChI=1S/C23H28N2O7/c1-3-30-15-6-4-14(5-7-15)10-25-12-24-16-8-13(2)9-17(19(16)25)31-23-22(29)21(28)20(27)18(11-26)32-23/h4-9,12,18,20-23,26-29H,3,10-11H2,1-2H3/t18-,20-,21+,22-,23?/m0/s1. The van der Waals surface area contributed by atoms with Gasteiger partial charge in [0.15, 0.2) is 0 Å². The molecule has 1 fully saturated rings. The molecule has 9 nitrogen and oxygen atoms in total. The summed E-state index contributed by atoms with van der Waals surface area (Å²) in [5, 5.41) is 39.9. The molecule has 0 saturated carbocycles. The number of aliphatic hydroxyl groups is 4. The minimum Gasteiger partial charge on any atom is -0.494 e. The van der Waals surface area contributed by atoms with E-state index in [9.17, 15) is 20.4 Å². The van der Waals surface area contributed by atoms with Gasteiger partial charge in [-0.2, -0.15) is 0 Å². The quantitative estimate of drug-likeness (QED) is 0.425. The number of hydrogen-bond donors (Lipinski definition) is 4. The van der Waals surface area contributed by atoms with Crippen molar-refractivity contribution in [3.8, 4) is 11.5 Å². The molecule has 1 aliphatic heterocycles. The van der Waals surface area contributed by atoms with E-state index in [0.29, 0.717) is 29.9 Å². The highest BCUT2D eigenvalue weighted by molar-refractivity contribution is 5.83. The van der Waals surface area contributed by atoms with Gasteiger partial charge in [0.25, 0.3) is 0 Å². The van der Waals surface area contributed by atoms with Crippen molar-refractivity contribution in [3.05, 3.63) is 53.9 Å². The van der Waals surface area contributed by atoms with Crippen LogP contribution in [-0.2, 0) is 11.3 Å². The van der Waals surface area contributed by atoms with E-state index in [1.54, 1.807) is 12.4 Å². The van der Waals surface area contributed by atoms with Crippen molar-refractivity contribution in [2.75, 3.05) is 13.2 Å². The Kier molecular flexibility index (Phi) is 6.63. The number of nitrogens with zero attached hydrogens (tertiary/aromatic N) is 2. The van der Waals surface area contributed by atoms with E-state index in [1.807, 2.05) is 48.7 Å². The Morgan fingerprint density at radius 3 is 2.50 bits per heavy atom. The Hall–Kier alpha value is -2.69. The van der Waals surface area contributed by atoms with Gasteiger partial charge in [0.1, 0.15) is 41.4 Å². The molecule has 3 aromatic rings. The molecule has 2 aromatic carbocycles. The second-order valence-corrected chi connectivity index (χ2v) is 7.90. The molecule has 172 valence electrons. The summed E-state index contributed by atoms with van der Waals surface area (Å²) in [5.41, 5.74) is 3.33. The maximum absolute atomic E-state index is 10.4. The van der Waals surface area contributed by atoms with Crippen LogP contribution in [0.2, 0.25) is 0 Å². The van der Waals surface area contributed by atoms with Crippen LogP contribution in [0.4, 0.5) is 0 Å². The molecule has 0 bridgehead atoms. The number of aryl methyl sites for hydroxylation is 1. The molecule has 0 aliphatic carbocycles. The second-order valence-electron chi connectivity index (χ2n) is 7.90. The average Bonchev–Trinajstić information content (AvgIpc) is 3.18. The van der Waals surface area contributed by atoms with Gasteiger partial charge in [0.05, 0.1) is 25.1 Å². The maximum atomic E-state index is 10.4. The van der Waals surface area contributed by atoms with Gasteiger partial charge in [-0.25, -0.2) is 4.98 Å². The number of fused-ring (bicyclic) bond motifs is 1. The molecule has 9 heteroatoms. The van der Waals surface area contributed by atoms with Gasteiger partial charge in [0.2, 0.25) is 6.29 Å². The highest BCUT2D eigenvalue weighted by atomic mass is 16.7. The van der Waals surface area contributed by atoms with E-state index in [4.69, 9.17) is 14.2 Å². The van der Waals surface area contributed by atoms with Crippen LogP contribution >= 0.6 is 0 Å². The first-order valence-corrected chi connectivity index (χ1v) is 10.6. The summed E-state index contributed by atoms with van der Waals surface area (Å²) >= 11 is 0. The zero-order valence-corrected chi connectivity index (χ0v) is 18.0. The van der Waals surface area contributed by atoms with Gasteiger partial charge in [-0.1, -0.05) is 12.1 Å². The van der Waals surface area contributed by atoms with Crippen LogP contribution < -0.4 is 9.47 Å². The van der Waals surface area contributed by atoms with Crippen LogP contribution in [-0.4, -0.2) is 73.9 Å². The minimum atomic E-state index is -1.51. The van der Waals surface area contributed by atoms with E-state index in [1.165, 1.54) is 0 Å². The van der Waals surface area contributed by atoms with E-state index >= 15 is 0 Å². The normalized spacial score (nSPS) is 25.8. The SMILES string of the molecule is CCOc1ccc(Cn2cnc3cc(C)cc(OC4O[C@@H](CO)[C@H](O)[C@@H](O)[C@@H]4O)c32)cc1. The minimum absolute atomic E-state index is 0.410. The van der Waals surface area contributed by atoms with E-state index in [2.05, 4.69) is 4.98 Å². The number of ether oxygens (including phenoxy) is 3. The molecule has 0 spiro atoms. The first kappa shape index (κ1) is 22.5. The number of benzene rings is 2. The summed E-state index contributed by atoms with van der Waals surface area (Å²) in [6.07, 6.45) is -5.07. The third kappa shape index (κ3) is 4.43. The Morgan fingerprint density at radius 1 is 1.06 bits per heavy atom. The van der Waals surface area contributed by atoms with Gasteiger partial charge in [0, 0.05) is 6.54 Å². The smallest absolute Gasteiger partial charge is 0.229 e. The van der Waals surface area contributed by atoms with Crippen LogP contribution in [0.1, 0.15) is 18.1 Å². The van der Waals surface area contributed by atoms with Crippen molar-refractivity contribution >= 4 is 11.0 Å². The fraction of sp³-hybridized carbons (Fsp3) is 0.435. The van der Waals surface area contributed by atoms with Gasteiger partial charge in [-0.15, -0.1) is 0 Å². The fourth-order valence-corrected chi connectivity index (χ4v) is 3.86. The van der Waals surface area contributed by atoms with Gasteiger partial charge in [-0.05, 0) is 49.2 Å².